The van der Waals surface area contributed by atoms with Gasteiger partial charge in [-0.1, -0.05) is 10.4 Å². The molecule has 10 nitrogen and oxygen atoms in total. The summed E-state index contributed by atoms with van der Waals surface area (Å²) in [4.78, 5) is 33.7. The van der Waals surface area contributed by atoms with Gasteiger partial charge in [0.1, 0.15) is 11.8 Å². The zero-order valence-electron chi connectivity index (χ0n) is 16.0. The summed E-state index contributed by atoms with van der Waals surface area (Å²) in [6.45, 7) is 0. The molecule has 0 aliphatic rings. The van der Waals surface area contributed by atoms with Gasteiger partial charge in [-0.15, -0.1) is 6.42 Å². The number of amides is 2. The van der Waals surface area contributed by atoms with Crippen LogP contribution in [0.15, 0.2) is 53.4 Å². The quantitative estimate of drug-likeness (QED) is 0.390. The van der Waals surface area contributed by atoms with Crippen LogP contribution in [0.1, 0.15) is 18.4 Å². The molecule has 4 N–H and O–H groups in total. The number of nitrogens with one attached hydrogen (secondary N) is 1. The second-order valence-electron chi connectivity index (χ2n) is 6.11. The van der Waals surface area contributed by atoms with Crippen molar-refractivity contribution < 1.29 is 32.7 Å². The number of primary amides is 1. The van der Waals surface area contributed by atoms with Gasteiger partial charge in [0.25, 0.3) is 10.0 Å². The number of terminal acetylenes is 1. The minimum atomic E-state index is -4.42. The molecular formula is C20H18N3O7S. The second kappa shape index (κ2) is 10.4. The number of ether oxygens (including phenoxy) is 1. The van der Waals surface area contributed by atoms with Gasteiger partial charge in [0.05, 0.1) is 4.90 Å². The van der Waals surface area contributed by atoms with E-state index in [1.807, 2.05) is 0 Å². The number of nitrogens with zero attached hydrogens (tertiary/aromatic N) is 1. The number of carbonyl (C=O) groups excluding carboxylic acids is 3. The fraction of sp³-hybridized carbons (Fsp3) is 0.150. The van der Waals surface area contributed by atoms with Crippen molar-refractivity contribution in [3.63, 3.8) is 0 Å². The van der Waals surface area contributed by atoms with E-state index < -0.39 is 28.1 Å². The molecule has 11 heteroatoms. The lowest BCUT2D eigenvalue weighted by Gasteiger charge is -2.20. The summed E-state index contributed by atoms with van der Waals surface area (Å²) < 4.78 is 29.5. The lowest BCUT2D eigenvalue weighted by molar-refractivity contribution is -0.116. The van der Waals surface area contributed by atoms with Crippen molar-refractivity contribution in [2.45, 2.75) is 23.8 Å². The highest BCUT2D eigenvalue weighted by Gasteiger charge is 2.31. The number of nitrogens with two attached hydrogens (primary N) is 1. The third kappa shape index (κ3) is 6.38. The summed E-state index contributed by atoms with van der Waals surface area (Å²) in [7, 11) is -4.42. The van der Waals surface area contributed by atoms with E-state index in [1.165, 1.54) is 54.8 Å². The van der Waals surface area contributed by atoms with Gasteiger partial charge in [-0.25, -0.2) is 13.2 Å². The number of hydrogen-bond donors (Lipinski definition) is 3. The number of hydroxylamine groups is 1. The Labute approximate surface area is 178 Å². The largest absolute Gasteiger partial charge is 0.411 e. The van der Waals surface area contributed by atoms with Gasteiger partial charge in [-0.3, -0.25) is 14.8 Å². The molecule has 0 aliphatic heterocycles. The van der Waals surface area contributed by atoms with Crippen LogP contribution in [-0.2, 0) is 19.6 Å². The van der Waals surface area contributed by atoms with E-state index in [0.717, 1.165) is 0 Å². The average Bonchev–Trinajstić information content (AvgIpc) is 2.75. The van der Waals surface area contributed by atoms with Crippen molar-refractivity contribution >= 4 is 34.0 Å². The zero-order chi connectivity index (χ0) is 23.0. The molecule has 2 rings (SSSR count). The molecule has 0 heterocycles. The molecule has 0 saturated carbocycles. The van der Waals surface area contributed by atoms with Gasteiger partial charge in [0, 0.05) is 17.7 Å². The smallest absolute Gasteiger partial charge is 0.409 e. The summed E-state index contributed by atoms with van der Waals surface area (Å²) in [6.07, 6.45) is 5.04. The standard InChI is InChI=1S/C20H18N3O7S/c1-2-14-3-10-18(11-4-14)31(28,29)23(27)16(13-24)7-12-19(25)22-15-5-8-17(9-6-15)30-20(21)26/h1,3-6,8-11,16,27H,7,12H2,(H2,21,26)(H,22,25)/t16-/m1/s1. The summed E-state index contributed by atoms with van der Waals surface area (Å²) >= 11 is 0. The molecule has 2 amide bonds. The van der Waals surface area contributed by atoms with Crippen LogP contribution in [-0.4, -0.2) is 42.4 Å². The van der Waals surface area contributed by atoms with Gasteiger partial charge in [0.2, 0.25) is 12.2 Å². The summed E-state index contributed by atoms with van der Waals surface area (Å²) in [5.74, 6) is 1.96. The highest BCUT2D eigenvalue weighted by molar-refractivity contribution is 7.89. The van der Waals surface area contributed by atoms with Crippen molar-refractivity contribution in [1.82, 2.24) is 4.47 Å². The van der Waals surface area contributed by atoms with Crippen LogP contribution >= 0.6 is 0 Å². The molecule has 31 heavy (non-hydrogen) atoms. The first kappa shape index (κ1) is 23.6. The first-order valence-electron chi connectivity index (χ1n) is 8.72. The predicted molar refractivity (Wildman–Crippen MR) is 109 cm³/mol. The molecule has 0 fully saturated rings. The van der Waals surface area contributed by atoms with E-state index in [0.29, 0.717) is 11.3 Å². The van der Waals surface area contributed by atoms with Crippen LogP contribution in [0.3, 0.4) is 0 Å². The van der Waals surface area contributed by atoms with Gasteiger partial charge >= 0.3 is 6.09 Å². The normalized spacial score (nSPS) is 11.9. The van der Waals surface area contributed by atoms with Crippen LogP contribution in [0.4, 0.5) is 10.5 Å². The maximum absolute atomic E-state index is 12.5. The SMILES string of the molecule is C#Cc1ccc(S(=O)(=O)N(O)[C@@H]([C]=O)CCC(=O)Nc2ccc(OC(N)=O)cc2)cc1. The van der Waals surface area contributed by atoms with Gasteiger partial charge < -0.3 is 15.8 Å². The third-order valence-electron chi connectivity index (χ3n) is 3.97. The van der Waals surface area contributed by atoms with Crippen LogP contribution in [0, 0.1) is 12.3 Å². The first-order valence-corrected chi connectivity index (χ1v) is 10.2. The van der Waals surface area contributed by atoms with E-state index in [-0.39, 0.29) is 28.0 Å². The van der Waals surface area contributed by atoms with Gasteiger partial charge in [-0.2, -0.15) is 0 Å². The highest BCUT2D eigenvalue weighted by Crippen LogP contribution is 2.19. The van der Waals surface area contributed by atoms with Crippen molar-refractivity contribution in [2.75, 3.05) is 5.32 Å². The Morgan fingerprint density at radius 2 is 1.77 bits per heavy atom. The van der Waals surface area contributed by atoms with E-state index in [4.69, 9.17) is 12.2 Å². The average molecular weight is 444 g/mol. The molecule has 0 saturated heterocycles. The molecule has 2 aromatic rings. The fourth-order valence-corrected chi connectivity index (χ4v) is 3.61. The number of anilines is 1. The van der Waals surface area contributed by atoms with Crippen LogP contribution in [0.2, 0.25) is 0 Å². The molecule has 0 aliphatic carbocycles. The Morgan fingerprint density at radius 1 is 1.16 bits per heavy atom. The Balaban J connectivity index is 1.98. The van der Waals surface area contributed by atoms with E-state index in [2.05, 4.69) is 16.0 Å². The molecule has 161 valence electrons. The molecular weight excluding hydrogens is 426 g/mol. The molecule has 0 aromatic heterocycles. The van der Waals surface area contributed by atoms with Crippen molar-refractivity contribution in [3.8, 4) is 18.1 Å². The molecule has 0 spiro atoms. The Bertz CT molecular complexity index is 1090. The number of sulfonamides is 1. The monoisotopic (exact) mass is 444 g/mol. The number of benzene rings is 2. The van der Waals surface area contributed by atoms with Crippen LogP contribution in [0.5, 0.6) is 5.75 Å². The summed E-state index contributed by atoms with van der Waals surface area (Å²) in [6, 6.07) is 9.20. The Kier molecular flexibility index (Phi) is 7.87. The predicted octanol–water partition coefficient (Wildman–Crippen LogP) is 1.40. The number of hydrogen-bond acceptors (Lipinski definition) is 7. The molecule has 1 radical (unpaired) electrons. The minimum Gasteiger partial charge on any atom is -0.411 e. The second-order valence-corrected chi connectivity index (χ2v) is 7.91. The Morgan fingerprint density at radius 3 is 2.29 bits per heavy atom. The van der Waals surface area contributed by atoms with Gasteiger partial charge in [-0.05, 0) is 55.0 Å². The maximum Gasteiger partial charge on any atom is 0.409 e. The highest BCUT2D eigenvalue weighted by atomic mass is 32.2. The van der Waals surface area contributed by atoms with E-state index in [1.54, 1.807) is 0 Å². The number of rotatable bonds is 9. The molecule has 2 aromatic carbocycles. The molecule has 0 bridgehead atoms. The summed E-state index contributed by atoms with van der Waals surface area (Å²) in [5.41, 5.74) is 5.69. The maximum atomic E-state index is 12.5. The zero-order valence-corrected chi connectivity index (χ0v) is 16.8. The van der Waals surface area contributed by atoms with E-state index in [9.17, 15) is 28.0 Å². The van der Waals surface area contributed by atoms with E-state index >= 15 is 0 Å². The minimum absolute atomic E-state index is 0.131. The Hall–Kier alpha value is -3.72. The van der Waals surface area contributed by atoms with Gasteiger partial charge in [0.15, 0.2) is 0 Å². The van der Waals surface area contributed by atoms with Crippen LogP contribution in [0.25, 0.3) is 0 Å². The summed E-state index contributed by atoms with van der Waals surface area (Å²) in [5, 5.41) is 12.6. The lowest BCUT2D eigenvalue weighted by Crippen LogP contribution is -2.39. The van der Waals surface area contributed by atoms with Crippen molar-refractivity contribution in [2.24, 2.45) is 5.73 Å². The third-order valence-corrected chi connectivity index (χ3v) is 5.58. The van der Waals surface area contributed by atoms with Crippen molar-refractivity contribution in [1.29, 1.82) is 0 Å². The lowest BCUT2D eigenvalue weighted by atomic mass is 10.2. The first-order chi connectivity index (χ1) is 14.7. The number of carbonyl (C=O) groups is 2. The molecule has 0 unspecified atom stereocenters. The van der Waals surface area contributed by atoms with Crippen molar-refractivity contribution in [3.05, 3.63) is 54.1 Å². The fourth-order valence-electron chi connectivity index (χ4n) is 2.43. The topological polar surface area (TPSA) is 156 Å². The van der Waals surface area contributed by atoms with Crippen LogP contribution < -0.4 is 15.8 Å². The molecule has 1 atom stereocenters.